The monoisotopic (exact) mass is 228 g/mol. The second-order valence-electron chi connectivity index (χ2n) is 4.93. The number of hydrogen-bond acceptors (Lipinski definition) is 2. The fourth-order valence-electron chi connectivity index (χ4n) is 1.38. The summed E-state index contributed by atoms with van der Waals surface area (Å²) in [5.41, 5.74) is -0.724. The van der Waals surface area contributed by atoms with Crippen molar-refractivity contribution in [3.05, 3.63) is 12.2 Å². The molecule has 16 heavy (non-hydrogen) atoms. The molecular weight excluding hydrogens is 204 g/mol. The highest BCUT2D eigenvalue weighted by Crippen LogP contribution is 2.11. The van der Waals surface area contributed by atoms with Crippen LogP contribution in [-0.2, 0) is 4.79 Å². The van der Waals surface area contributed by atoms with Gasteiger partial charge in [0.25, 0.3) is 0 Å². The van der Waals surface area contributed by atoms with Gasteiger partial charge in [-0.1, -0.05) is 31.9 Å². The molecule has 0 fully saturated rings. The summed E-state index contributed by atoms with van der Waals surface area (Å²) in [4.78, 5) is 10.5. The maximum absolute atomic E-state index is 10.5. The van der Waals surface area contributed by atoms with Crippen LogP contribution in [0.15, 0.2) is 12.2 Å². The Balaban J connectivity index is 3.42. The van der Waals surface area contributed by atoms with Gasteiger partial charge in [0.2, 0.25) is 0 Å². The van der Waals surface area contributed by atoms with E-state index in [4.69, 9.17) is 5.11 Å². The molecule has 0 amide bonds. The van der Waals surface area contributed by atoms with Gasteiger partial charge in [-0.25, -0.2) is 0 Å². The number of aliphatic hydroxyl groups is 1. The molecule has 0 spiro atoms. The molecule has 0 aromatic rings. The third-order valence-corrected chi connectivity index (χ3v) is 2.46. The zero-order valence-electron chi connectivity index (χ0n) is 10.6. The van der Waals surface area contributed by atoms with E-state index in [0.717, 1.165) is 32.1 Å². The molecule has 3 heteroatoms. The van der Waals surface area contributed by atoms with Crippen LogP contribution in [0, 0.1) is 5.92 Å². The summed E-state index contributed by atoms with van der Waals surface area (Å²) in [6, 6.07) is 0. The number of carbonyl (C=O) groups is 1. The van der Waals surface area contributed by atoms with Crippen molar-refractivity contribution in [3.63, 3.8) is 0 Å². The molecule has 0 saturated heterocycles. The van der Waals surface area contributed by atoms with Gasteiger partial charge >= 0.3 is 5.97 Å². The van der Waals surface area contributed by atoms with Crippen molar-refractivity contribution in [3.8, 4) is 0 Å². The predicted molar refractivity (Wildman–Crippen MR) is 65.3 cm³/mol. The van der Waals surface area contributed by atoms with E-state index in [1.807, 2.05) is 6.08 Å². The minimum absolute atomic E-state index is 0.230. The Morgan fingerprint density at radius 2 is 1.94 bits per heavy atom. The molecular formula is C13H24O3. The molecule has 0 aromatic carbocycles. The zero-order valence-corrected chi connectivity index (χ0v) is 10.6. The van der Waals surface area contributed by atoms with Gasteiger partial charge in [-0.15, -0.1) is 0 Å². The smallest absolute Gasteiger partial charge is 0.306 e. The average Bonchev–Trinajstić information content (AvgIpc) is 2.14. The number of unbranched alkanes of at least 4 members (excludes halogenated alkanes) is 3. The van der Waals surface area contributed by atoms with Crippen molar-refractivity contribution in [1.29, 1.82) is 0 Å². The number of allylic oxidation sites excluding steroid dienone is 1. The van der Waals surface area contributed by atoms with E-state index in [1.54, 1.807) is 26.8 Å². The zero-order chi connectivity index (χ0) is 12.6. The molecule has 3 nitrogen and oxygen atoms in total. The van der Waals surface area contributed by atoms with Crippen LogP contribution in [0.5, 0.6) is 0 Å². The molecule has 1 unspecified atom stereocenters. The minimum Gasteiger partial charge on any atom is -0.481 e. The van der Waals surface area contributed by atoms with Crippen LogP contribution in [-0.4, -0.2) is 21.8 Å². The molecule has 2 N–H and O–H groups in total. The van der Waals surface area contributed by atoms with E-state index in [0.29, 0.717) is 0 Å². The van der Waals surface area contributed by atoms with Crippen molar-refractivity contribution in [2.45, 2.75) is 58.5 Å². The van der Waals surface area contributed by atoms with Gasteiger partial charge in [-0.05, 0) is 33.1 Å². The Morgan fingerprint density at radius 1 is 1.31 bits per heavy atom. The lowest BCUT2D eigenvalue weighted by molar-refractivity contribution is -0.141. The summed E-state index contributed by atoms with van der Waals surface area (Å²) in [7, 11) is 0. The first kappa shape index (κ1) is 15.2. The van der Waals surface area contributed by atoms with Crippen LogP contribution in [0.25, 0.3) is 0 Å². The molecule has 0 aliphatic heterocycles. The first-order valence-electron chi connectivity index (χ1n) is 5.96. The van der Waals surface area contributed by atoms with E-state index < -0.39 is 11.6 Å². The number of hydrogen-bond donors (Lipinski definition) is 2. The van der Waals surface area contributed by atoms with E-state index >= 15 is 0 Å². The molecule has 0 rings (SSSR count). The summed E-state index contributed by atoms with van der Waals surface area (Å²) >= 11 is 0. The highest BCUT2D eigenvalue weighted by Gasteiger charge is 2.09. The van der Waals surface area contributed by atoms with Crippen molar-refractivity contribution in [1.82, 2.24) is 0 Å². The summed E-state index contributed by atoms with van der Waals surface area (Å²) in [5, 5.41) is 18.1. The second-order valence-corrected chi connectivity index (χ2v) is 4.93. The topological polar surface area (TPSA) is 57.5 Å². The number of carboxylic acid groups (broad SMARTS) is 1. The van der Waals surface area contributed by atoms with Gasteiger partial charge in [0.1, 0.15) is 0 Å². The fraction of sp³-hybridized carbons (Fsp3) is 0.769. The van der Waals surface area contributed by atoms with Gasteiger partial charge in [0.05, 0.1) is 11.5 Å². The number of carboxylic acids is 1. The maximum Gasteiger partial charge on any atom is 0.306 e. The Labute approximate surface area is 98.2 Å². The fourth-order valence-corrected chi connectivity index (χ4v) is 1.38. The lowest BCUT2D eigenvalue weighted by Crippen LogP contribution is -2.13. The summed E-state index contributed by atoms with van der Waals surface area (Å²) in [6.45, 7) is 5.24. The summed E-state index contributed by atoms with van der Waals surface area (Å²) in [6.07, 6.45) is 8.56. The summed E-state index contributed by atoms with van der Waals surface area (Å²) in [5.74, 6) is -0.936. The molecule has 0 radical (unpaired) electrons. The molecule has 0 aliphatic carbocycles. The number of aliphatic carboxylic acids is 1. The Hall–Kier alpha value is -0.830. The van der Waals surface area contributed by atoms with Crippen LogP contribution >= 0.6 is 0 Å². The first-order chi connectivity index (χ1) is 7.33. The molecule has 94 valence electrons. The van der Waals surface area contributed by atoms with E-state index in [-0.39, 0.29) is 5.92 Å². The van der Waals surface area contributed by atoms with E-state index in [9.17, 15) is 9.90 Å². The third kappa shape index (κ3) is 9.71. The maximum atomic E-state index is 10.5. The molecule has 0 aliphatic rings. The van der Waals surface area contributed by atoms with Crippen LogP contribution in [0.3, 0.4) is 0 Å². The van der Waals surface area contributed by atoms with Gasteiger partial charge in [-0.3, -0.25) is 4.79 Å². The highest BCUT2D eigenvalue weighted by atomic mass is 16.4. The lowest BCUT2D eigenvalue weighted by Gasteiger charge is -2.09. The van der Waals surface area contributed by atoms with Crippen LogP contribution < -0.4 is 0 Å². The van der Waals surface area contributed by atoms with Gasteiger partial charge < -0.3 is 10.2 Å². The predicted octanol–water partition coefficient (Wildman–Crippen LogP) is 2.98. The first-order valence-corrected chi connectivity index (χ1v) is 5.96. The van der Waals surface area contributed by atoms with Crippen LogP contribution in [0.4, 0.5) is 0 Å². The number of rotatable bonds is 8. The highest BCUT2D eigenvalue weighted by molar-refractivity contribution is 5.69. The Morgan fingerprint density at radius 3 is 2.44 bits per heavy atom. The van der Waals surface area contributed by atoms with Gasteiger partial charge in [0.15, 0.2) is 0 Å². The Bertz CT molecular complexity index is 226. The minimum atomic E-state index is -0.724. The molecule has 0 heterocycles. The van der Waals surface area contributed by atoms with Crippen molar-refractivity contribution in [2.75, 3.05) is 0 Å². The summed E-state index contributed by atoms with van der Waals surface area (Å²) < 4.78 is 0. The quantitative estimate of drug-likeness (QED) is 0.496. The van der Waals surface area contributed by atoms with E-state index in [2.05, 4.69) is 0 Å². The SMILES string of the molecule is CC(CCCCC/C=C/C(C)(C)O)C(=O)O. The van der Waals surface area contributed by atoms with Crippen molar-refractivity contribution >= 4 is 5.97 Å². The van der Waals surface area contributed by atoms with Crippen molar-refractivity contribution in [2.24, 2.45) is 5.92 Å². The van der Waals surface area contributed by atoms with Gasteiger partial charge in [0, 0.05) is 0 Å². The molecule has 1 atom stereocenters. The van der Waals surface area contributed by atoms with Crippen molar-refractivity contribution < 1.29 is 15.0 Å². The standard InChI is InChI=1S/C13H24O3/c1-11(12(14)15)9-7-5-4-6-8-10-13(2,3)16/h8,10-11,16H,4-7,9H2,1-3H3,(H,14,15)/b10-8+. The normalized spacial score (nSPS) is 14.2. The average molecular weight is 228 g/mol. The van der Waals surface area contributed by atoms with Gasteiger partial charge in [-0.2, -0.15) is 0 Å². The largest absolute Gasteiger partial charge is 0.481 e. The second kappa shape index (κ2) is 7.44. The van der Waals surface area contributed by atoms with Crippen LogP contribution in [0.1, 0.15) is 52.9 Å². The molecule has 0 aromatic heterocycles. The lowest BCUT2D eigenvalue weighted by atomic mass is 10.0. The third-order valence-electron chi connectivity index (χ3n) is 2.46. The van der Waals surface area contributed by atoms with E-state index in [1.165, 1.54) is 0 Å². The molecule has 0 bridgehead atoms. The molecule has 0 saturated carbocycles. The van der Waals surface area contributed by atoms with Crippen LogP contribution in [0.2, 0.25) is 0 Å². The Kier molecular flexibility index (Phi) is 7.06.